The average molecular weight is 361 g/mol. The lowest BCUT2D eigenvalue weighted by Gasteiger charge is -2.22. The molecule has 134 valence electrons. The minimum Gasteiger partial charge on any atom is -0.497 e. The Morgan fingerprint density at radius 3 is 1.52 bits per heavy atom. The molecule has 6 heteroatoms. The zero-order valence-corrected chi connectivity index (χ0v) is 15.5. The van der Waals surface area contributed by atoms with Crippen LogP contribution in [0.25, 0.3) is 0 Å². The van der Waals surface area contributed by atoms with Crippen molar-refractivity contribution in [1.29, 1.82) is 0 Å². The van der Waals surface area contributed by atoms with Crippen LogP contribution in [-0.2, 0) is 23.1 Å². The molecule has 0 unspecified atom stereocenters. The Bertz CT molecular complexity index is 762. The van der Waals surface area contributed by atoms with Gasteiger partial charge in [-0.3, -0.25) is 0 Å². The van der Waals surface area contributed by atoms with Gasteiger partial charge >= 0.3 is 0 Å². The quantitative estimate of drug-likeness (QED) is 0.721. The van der Waals surface area contributed by atoms with Gasteiger partial charge in [0.1, 0.15) is 11.5 Å². The molecule has 0 heterocycles. The fourth-order valence-corrected chi connectivity index (χ4v) is 3.39. The molecule has 0 atom stereocenters. The van der Waals surface area contributed by atoms with Crippen molar-refractivity contribution in [2.45, 2.75) is 20.0 Å². The van der Waals surface area contributed by atoms with Crippen molar-refractivity contribution in [3.05, 3.63) is 71.1 Å². The van der Waals surface area contributed by atoms with Gasteiger partial charge in [0, 0.05) is 18.0 Å². The van der Waals surface area contributed by atoms with Crippen molar-refractivity contribution in [3.8, 4) is 11.5 Å². The first-order valence-electron chi connectivity index (χ1n) is 7.78. The molecule has 0 bridgehead atoms. The number of nitrogens with zero attached hydrogens (tertiary/aromatic N) is 1. The van der Waals surface area contributed by atoms with Crippen LogP contribution in [0, 0.1) is 0 Å². The Morgan fingerprint density at radius 2 is 1.24 bits per heavy atom. The van der Waals surface area contributed by atoms with Crippen molar-refractivity contribution < 1.29 is 17.9 Å². The van der Waals surface area contributed by atoms with Crippen LogP contribution >= 0.6 is 0 Å². The summed E-state index contributed by atoms with van der Waals surface area (Å²) < 4.78 is 37.0. The van der Waals surface area contributed by atoms with E-state index in [2.05, 4.69) is 6.58 Å². The molecule has 0 spiro atoms. The third-order valence-corrected chi connectivity index (χ3v) is 5.63. The molecule has 0 aliphatic rings. The maximum absolute atomic E-state index is 12.7. The normalized spacial score (nSPS) is 11.4. The van der Waals surface area contributed by atoms with Gasteiger partial charge in [-0.2, -0.15) is 4.31 Å². The van der Waals surface area contributed by atoms with E-state index in [1.54, 1.807) is 14.2 Å². The highest BCUT2D eigenvalue weighted by Gasteiger charge is 2.23. The lowest BCUT2D eigenvalue weighted by molar-refractivity contribution is 0.401. The van der Waals surface area contributed by atoms with E-state index >= 15 is 0 Å². The first-order valence-corrected chi connectivity index (χ1v) is 9.22. The largest absolute Gasteiger partial charge is 0.497 e. The first-order chi connectivity index (χ1) is 11.9. The summed E-state index contributed by atoms with van der Waals surface area (Å²) in [5.41, 5.74) is 1.75. The van der Waals surface area contributed by atoms with E-state index in [4.69, 9.17) is 9.47 Å². The number of allylic oxidation sites excluding steroid dienone is 1. The monoisotopic (exact) mass is 361 g/mol. The van der Waals surface area contributed by atoms with Crippen LogP contribution in [0.5, 0.6) is 11.5 Å². The van der Waals surface area contributed by atoms with Crippen LogP contribution in [0.1, 0.15) is 18.1 Å². The Balaban J connectivity index is 2.27. The molecule has 5 nitrogen and oxygen atoms in total. The van der Waals surface area contributed by atoms with Gasteiger partial charge in [0.05, 0.1) is 14.2 Å². The summed E-state index contributed by atoms with van der Waals surface area (Å²) in [6.07, 6.45) is 0. The molecule has 0 amide bonds. The lowest BCUT2D eigenvalue weighted by atomic mass is 10.2. The molecule has 25 heavy (non-hydrogen) atoms. The molecule has 2 aromatic carbocycles. The van der Waals surface area contributed by atoms with Gasteiger partial charge in [0.2, 0.25) is 10.0 Å². The molecule has 0 aliphatic carbocycles. The van der Waals surface area contributed by atoms with Crippen LogP contribution in [0.4, 0.5) is 0 Å². The minimum absolute atomic E-state index is 0.120. The highest BCUT2D eigenvalue weighted by molar-refractivity contribution is 7.92. The van der Waals surface area contributed by atoms with Crippen LogP contribution in [0.3, 0.4) is 0 Å². The molecule has 0 saturated heterocycles. The Morgan fingerprint density at radius 1 is 0.880 bits per heavy atom. The Hall–Kier alpha value is -2.31. The maximum Gasteiger partial charge on any atom is 0.238 e. The lowest BCUT2D eigenvalue weighted by Crippen LogP contribution is -2.30. The van der Waals surface area contributed by atoms with E-state index in [9.17, 15) is 8.42 Å². The van der Waals surface area contributed by atoms with Gasteiger partial charge in [-0.05, 0) is 42.3 Å². The second kappa shape index (κ2) is 8.18. The second-order valence-corrected chi connectivity index (χ2v) is 7.83. The number of hydrogen-bond acceptors (Lipinski definition) is 4. The van der Waals surface area contributed by atoms with Crippen molar-refractivity contribution in [1.82, 2.24) is 4.31 Å². The van der Waals surface area contributed by atoms with E-state index in [0.29, 0.717) is 0 Å². The number of hydrogen-bond donors (Lipinski definition) is 0. The summed E-state index contributed by atoms with van der Waals surface area (Å²) in [6.45, 7) is 5.63. The van der Waals surface area contributed by atoms with Crippen molar-refractivity contribution in [3.63, 3.8) is 0 Å². The van der Waals surface area contributed by atoms with Crippen LogP contribution < -0.4 is 9.47 Å². The average Bonchev–Trinajstić information content (AvgIpc) is 2.62. The van der Waals surface area contributed by atoms with E-state index in [0.717, 1.165) is 22.6 Å². The summed E-state index contributed by atoms with van der Waals surface area (Å²) in [5, 5.41) is 0. The molecule has 2 rings (SSSR count). The molecule has 2 aromatic rings. The number of methoxy groups -OCH3 is 2. The van der Waals surface area contributed by atoms with Crippen LogP contribution in [-0.4, -0.2) is 26.9 Å². The predicted octanol–water partition coefficient (Wildman–Crippen LogP) is 3.57. The predicted molar refractivity (Wildman–Crippen MR) is 99.0 cm³/mol. The van der Waals surface area contributed by atoms with Crippen LogP contribution in [0.2, 0.25) is 0 Å². The van der Waals surface area contributed by atoms with Gasteiger partial charge < -0.3 is 9.47 Å². The zero-order valence-electron chi connectivity index (χ0n) is 14.7. The molecule has 0 radical (unpaired) electrons. The van der Waals surface area contributed by atoms with Gasteiger partial charge in [-0.15, -0.1) is 0 Å². The zero-order chi connectivity index (χ0) is 18.4. The number of rotatable bonds is 8. The molecule has 0 aliphatic heterocycles. The van der Waals surface area contributed by atoms with E-state index < -0.39 is 10.0 Å². The van der Waals surface area contributed by atoms with Crippen molar-refractivity contribution in [2.75, 3.05) is 14.2 Å². The van der Waals surface area contributed by atoms with Gasteiger partial charge in [-0.1, -0.05) is 30.8 Å². The third-order valence-electron chi connectivity index (χ3n) is 3.82. The van der Waals surface area contributed by atoms with E-state index in [1.807, 2.05) is 48.5 Å². The smallest absolute Gasteiger partial charge is 0.238 e. The summed E-state index contributed by atoms with van der Waals surface area (Å²) in [7, 11) is -0.403. The topological polar surface area (TPSA) is 55.8 Å². The van der Waals surface area contributed by atoms with E-state index in [-0.39, 0.29) is 18.0 Å². The Kier molecular flexibility index (Phi) is 6.22. The minimum atomic E-state index is -3.59. The summed E-state index contributed by atoms with van der Waals surface area (Å²) >= 11 is 0. The number of ether oxygens (including phenoxy) is 2. The third kappa shape index (κ3) is 4.84. The summed E-state index contributed by atoms with van der Waals surface area (Å²) in [5.74, 6) is 1.46. The molecule has 0 aromatic heterocycles. The molecular formula is C19H23NO4S. The first kappa shape index (κ1) is 19.0. The van der Waals surface area contributed by atoms with Gasteiger partial charge in [-0.25, -0.2) is 8.42 Å². The second-order valence-electron chi connectivity index (χ2n) is 5.67. The highest BCUT2D eigenvalue weighted by Crippen LogP contribution is 2.21. The summed E-state index contributed by atoms with van der Waals surface area (Å²) in [4.78, 5) is 0.120. The summed E-state index contributed by atoms with van der Waals surface area (Å²) in [6, 6.07) is 14.7. The number of sulfonamides is 1. The highest BCUT2D eigenvalue weighted by atomic mass is 32.2. The SMILES string of the molecule is C=C(C)S(=O)(=O)N(Cc1ccc(OC)cc1)Cc1ccc(OC)cc1. The van der Waals surface area contributed by atoms with Crippen LogP contribution in [0.15, 0.2) is 60.0 Å². The molecular weight excluding hydrogens is 338 g/mol. The maximum atomic E-state index is 12.7. The molecule has 0 N–H and O–H groups in total. The van der Waals surface area contributed by atoms with E-state index in [1.165, 1.54) is 11.2 Å². The Labute approximate surface area is 149 Å². The van der Waals surface area contributed by atoms with Crippen molar-refractivity contribution in [2.24, 2.45) is 0 Å². The molecule has 0 saturated carbocycles. The van der Waals surface area contributed by atoms with Gasteiger partial charge in [0.25, 0.3) is 0 Å². The standard InChI is InChI=1S/C19H23NO4S/c1-15(2)25(21,22)20(13-16-5-9-18(23-3)10-6-16)14-17-7-11-19(24-4)12-8-17/h5-12H,1,13-14H2,2-4H3. The fourth-order valence-electron chi connectivity index (χ4n) is 2.32. The molecule has 0 fully saturated rings. The van der Waals surface area contributed by atoms with Gasteiger partial charge in [0.15, 0.2) is 0 Å². The van der Waals surface area contributed by atoms with Crippen molar-refractivity contribution >= 4 is 10.0 Å². The number of benzene rings is 2. The fraction of sp³-hybridized carbons (Fsp3) is 0.263.